The molecule has 13 nitrogen and oxygen atoms in total. The third kappa shape index (κ3) is 7.16. The lowest BCUT2D eigenvalue weighted by Gasteiger charge is -2.36. The van der Waals surface area contributed by atoms with Crippen LogP contribution in [0.5, 0.6) is 11.5 Å². The van der Waals surface area contributed by atoms with Gasteiger partial charge in [-0.2, -0.15) is 4.98 Å². The number of likely N-dealkylation sites (tertiary alicyclic amines) is 2. The molecule has 2 saturated heterocycles. The van der Waals surface area contributed by atoms with Gasteiger partial charge < -0.3 is 29.7 Å². The fourth-order valence-electron chi connectivity index (χ4n) is 6.83. The van der Waals surface area contributed by atoms with Crippen molar-refractivity contribution in [3.8, 4) is 11.5 Å². The van der Waals surface area contributed by atoms with E-state index in [9.17, 15) is 14.7 Å². The van der Waals surface area contributed by atoms with Gasteiger partial charge in [0.1, 0.15) is 33.6 Å². The molecule has 1 aromatic carbocycles. The van der Waals surface area contributed by atoms with Crippen molar-refractivity contribution >= 4 is 52.6 Å². The van der Waals surface area contributed by atoms with E-state index < -0.39 is 12.3 Å². The van der Waals surface area contributed by atoms with E-state index in [0.717, 1.165) is 38.8 Å². The molecule has 0 saturated carbocycles. The number of aliphatic hydroxyl groups excluding tert-OH is 1. The number of hydrogen-bond acceptors (Lipinski definition) is 10. The number of hydrogen-bond donors (Lipinski definition) is 2. The van der Waals surface area contributed by atoms with Crippen LogP contribution in [0.15, 0.2) is 24.9 Å². The van der Waals surface area contributed by atoms with Crippen molar-refractivity contribution in [2.75, 3.05) is 76.2 Å². The number of piperidine rings is 1. The van der Waals surface area contributed by atoms with Crippen LogP contribution in [0.4, 0.5) is 22.2 Å². The summed E-state index contributed by atoms with van der Waals surface area (Å²) in [6.45, 7) is 9.38. The molecule has 2 fully saturated rings. The molecule has 3 atom stereocenters. The number of anilines is 3. The zero-order valence-electron chi connectivity index (χ0n) is 28.3. The minimum absolute atomic E-state index is 0.107. The number of nitrogens with zero attached hydrogens (tertiary/aromatic N) is 7. The summed E-state index contributed by atoms with van der Waals surface area (Å²) in [5.41, 5.74) is 0.931. The van der Waals surface area contributed by atoms with Gasteiger partial charge in [-0.25, -0.2) is 9.78 Å². The van der Waals surface area contributed by atoms with Gasteiger partial charge in [0.15, 0.2) is 0 Å². The SMILES string of the molecule is C=CC(=O)N(CCCC)C1CN(C(O)C2CCN(C)CC2)CC1Nc1ncc2c(n1)N(C)C(=O)N(c1c(Cl)c(OC)cc(OC)c1Cl)C2. The molecule has 0 bridgehead atoms. The van der Waals surface area contributed by atoms with Gasteiger partial charge >= 0.3 is 6.03 Å². The Balaban J connectivity index is 1.42. The van der Waals surface area contributed by atoms with Gasteiger partial charge in [-0.05, 0) is 45.5 Å². The zero-order chi connectivity index (χ0) is 34.7. The molecule has 2 N–H and O–H groups in total. The maximum absolute atomic E-state index is 13.8. The summed E-state index contributed by atoms with van der Waals surface area (Å²) >= 11 is 13.3. The van der Waals surface area contributed by atoms with Crippen molar-refractivity contribution in [1.29, 1.82) is 0 Å². The van der Waals surface area contributed by atoms with Crippen molar-refractivity contribution in [3.05, 3.63) is 40.5 Å². The number of rotatable bonds is 12. The van der Waals surface area contributed by atoms with Crippen LogP contribution in [0, 0.1) is 5.92 Å². The molecular formula is C33H46Cl2N8O5. The lowest BCUT2D eigenvalue weighted by molar-refractivity contribution is -0.128. The first kappa shape index (κ1) is 35.9. The number of urea groups is 1. The normalized spacial score (nSPS) is 21.2. The van der Waals surface area contributed by atoms with E-state index in [0.29, 0.717) is 48.5 Å². The van der Waals surface area contributed by atoms with E-state index in [2.05, 4.69) is 40.7 Å². The second-order valence-electron chi connectivity index (χ2n) is 12.6. The van der Waals surface area contributed by atoms with E-state index in [1.54, 1.807) is 19.3 Å². The van der Waals surface area contributed by atoms with Crippen LogP contribution in [-0.4, -0.2) is 121 Å². The van der Waals surface area contributed by atoms with E-state index in [4.69, 9.17) is 37.7 Å². The van der Waals surface area contributed by atoms with Gasteiger partial charge in [-0.1, -0.05) is 43.1 Å². The van der Waals surface area contributed by atoms with E-state index >= 15 is 0 Å². The van der Waals surface area contributed by atoms with E-state index in [1.165, 1.54) is 30.1 Å². The number of nitrogens with one attached hydrogen (secondary N) is 1. The first-order chi connectivity index (χ1) is 23.0. The highest BCUT2D eigenvalue weighted by atomic mass is 35.5. The Morgan fingerprint density at radius 2 is 1.85 bits per heavy atom. The highest BCUT2D eigenvalue weighted by Gasteiger charge is 2.43. The predicted molar refractivity (Wildman–Crippen MR) is 187 cm³/mol. The molecule has 0 aliphatic carbocycles. The molecule has 262 valence electrons. The topological polar surface area (TPSA) is 127 Å². The van der Waals surface area contributed by atoms with Crippen LogP contribution in [-0.2, 0) is 11.3 Å². The number of amides is 3. The summed E-state index contributed by atoms with van der Waals surface area (Å²) in [4.78, 5) is 45.4. The molecule has 48 heavy (non-hydrogen) atoms. The van der Waals surface area contributed by atoms with Gasteiger partial charge in [0.25, 0.3) is 0 Å². The summed E-state index contributed by atoms with van der Waals surface area (Å²) in [7, 11) is 6.67. The number of benzene rings is 1. The van der Waals surface area contributed by atoms with Crippen molar-refractivity contribution < 1.29 is 24.2 Å². The number of carbonyl (C=O) groups is 2. The summed E-state index contributed by atoms with van der Waals surface area (Å²) in [5, 5.41) is 15.3. The molecule has 0 radical (unpaired) electrons. The number of aliphatic hydroxyl groups is 1. The molecule has 15 heteroatoms. The molecule has 5 rings (SSSR count). The van der Waals surface area contributed by atoms with Gasteiger partial charge in [-0.15, -0.1) is 0 Å². The van der Waals surface area contributed by atoms with Crippen LogP contribution in [0.25, 0.3) is 0 Å². The van der Waals surface area contributed by atoms with Crippen molar-refractivity contribution in [3.63, 3.8) is 0 Å². The standard InChI is InChI=1S/C33H46Cl2N8O5/c1-7-9-12-42(26(44)8-2)23-19-41(31(45)20-10-13-39(3)14-11-20)18-22(23)37-32-36-16-21-17-43(33(46)40(4)30(21)38-32)29-27(34)24(47-5)15-25(48-6)28(29)35/h8,15-16,20,22-23,31,45H,2,7,9-14,17-19H2,1,3-6H3,(H,36,37,38). The molecule has 3 amide bonds. The average molecular weight is 706 g/mol. The Hall–Kier alpha value is -3.36. The lowest BCUT2D eigenvalue weighted by atomic mass is 9.95. The summed E-state index contributed by atoms with van der Waals surface area (Å²) < 4.78 is 10.8. The van der Waals surface area contributed by atoms with Crippen LogP contribution in [0.2, 0.25) is 10.0 Å². The fraction of sp³-hybridized carbons (Fsp3) is 0.576. The predicted octanol–water partition coefficient (Wildman–Crippen LogP) is 4.32. The Labute approximate surface area is 292 Å². The number of fused-ring (bicyclic) bond motifs is 1. The van der Waals surface area contributed by atoms with Gasteiger partial charge in [0, 0.05) is 50.4 Å². The third-order valence-corrected chi connectivity index (χ3v) is 10.4. The van der Waals surface area contributed by atoms with Crippen molar-refractivity contribution in [1.82, 2.24) is 24.7 Å². The highest BCUT2D eigenvalue weighted by Crippen LogP contribution is 2.47. The Morgan fingerprint density at radius 1 is 1.19 bits per heavy atom. The second kappa shape index (κ2) is 15.5. The molecular weight excluding hydrogens is 659 g/mol. The Kier molecular flexibility index (Phi) is 11.6. The maximum atomic E-state index is 13.8. The number of carbonyl (C=O) groups excluding carboxylic acids is 2. The number of halogens is 2. The monoisotopic (exact) mass is 704 g/mol. The summed E-state index contributed by atoms with van der Waals surface area (Å²) in [6, 6.07) is 0.620. The Bertz CT molecular complexity index is 1480. The van der Waals surface area contributed by atoms with Gasteiger partial charge in [-0.3, -0.25) is 19.5 Å². The molecule has 2 aromatic rings. The first-order valence-electron chi connectivity index (χ1n) is 16.3. The third-order valence-electron chi connectivity index (χ3n) is 9.63. The van der Waals surface area contributed by atoms with E-state index in [1.807, 2.05) is 4.90 Å². The number of ether oxygens (including phenoxy) is 2. The Morgan fingerprint density at radius 3 is 2.46 bits per heavy atom. The molecule has 1 aromatic heterocycles. The minimum Gasteiger partial charge on any atom is -0.495 e. The fourth-order valence-corrected chi connectivity index (χ4v) is 7.53. The van der Waals surface area contributed by atoms with Crippen molar-refractivity contribution in [2.45, 2.75) is 57.5 Å². The minimum atomic E-state index is -0.632. The molecule has 4 heterocycles. The van der Waals surface area contributed by atoms with E-state index in [-0.39, 0.29) is 46.2 Å². The average Bonchev–Trinajstić information content (AvgIpc) is 3.50. The first-order valence-corrected chi connectivity index (χ1v) is 17.1. The maximum Gasteiger partial charge on any atom is 0.330 e. The quantitative estimate of drug-likeness (QED) is 0.309. The second-order valence-corrected chi connectivity index (χ2v) is 13.4. The van der Waals surface area contributed by atoms with Crippen LogP contribution >= 0.6 is 23.2 Å². The number of aromatic nitrogens is 2. The zero-order valence-corrected chi connectivity index (χ0v) is 29.8. The number of unbranched alkanes of at least 4 members (excludes halogenated alkanes) is 1. The molecule has 3 aliphatic heterocycles. The van der Waals surface area contributed by atoms with Crippen LogP contribution in [0.3, 0.4) is 0 Å². The van der Waals surface area contributed by atoms with Gasteiger partial charge in [0.05, 0.1) is 38.5 Å². The lowest BCUT2D eigenvalue weighted by Crippen LogP contribution is -2.50. The summed E-state index contributed by atoms with van der Waals surface area (Å²) in [5.74, 6) is 1.36. The molecule has 0 spiro atoms. The summed E-state index contributed by atoms with van der Waals surface area (Å²) in [6.07, 6.45) is 5.97. The largest absolute Gasteiger partial charge is 0.495 e. The number of methoxy groups -OCH3 is 2. The van der Waals surface area contributed by atoms with Crippen LogP contribution < -0.4 is 24.6 Å². The highest BCUT2D eigenvalue weighted by molar-refractivity contribution is 6.42. The van der Waals surface area contributed by atoms with Crippen molar-refractivity contribution in [2.24, 2.45) is 5.92 Å². The smallest absolute Gasteiger partial charge is 0.330 e. The van der Waals surface area contributed by atoms with Gasteiger partial charge in [0.2, 0.25) is 11.9 Å². The van der Waals surface area contributed by atoms with Crippen LogP contribution in [0.1, 0.15) is 38.2 Å². The molecule has 3 aliphatic rings. The molecule has 3 unspecified atom stereocenters.